The maximum absolute atomic E-state index is 13.0. The molecule has 158 valence electrons. The summed E-state index contributed by atoms with van der Waals surface area (Å²) in [6.07, 6.45) is -1.54. The zero-order valence-electron chi connectivity index (χ0n) is 15.8. The van der Waals surface area contributed by atoms with Crippen LogP contribution in [0.25, 0.3) is 0 Å². The number of rotatable bonds is 5. The highest BCUT2D eigenvalue weighted by atomic mass is 19.1. The van der Waals surface area contributed by atoms with Crippen LogP contribution < -0.4 is 15.5 Å². The summed E-state index contributed by atoms with van der Waals surface area (Å²) in [5.41, 5.74) is 1.36. The van der Waals surface area contributed by atoms with E-state index < -0.39 is 23.9 Å². The van der Waals surface area contributed by atoms with Crippen molar-refractivity contribution in [2.24, 2.45) is 0 Å². The Bertz CT molecular complexity index is 915. The number of nitrogens with one attached hydrogen (secondary N) is 2. The van der Waals surface area contributed by atoms with Crippen LogP contribution in [0.4, 0.5) is 14.0 Å². The van der Waals surface area contributed by atoms with Crippen molar-refractivity contribution in [2.45, 2.75) is 24.7 Å². The number of carbonyl (C=O) groups is 2. The van der Waals surface area contributed by atoms with E-state index in [-0.39, 0.29) is 19.0 Å². The van der Waals surface area contributed by atoms with Crippen LogP contribution in [0, 0.1) is 5.82 Å². The number of hydrogen-bond acceptors (Lipinski definition) is 6. The Morgan fingerprint density at radius 1 is 1.23 bits per heavy atom. The Kier molecular flexibility index (Phi) is 5.42. The van der Waals surface area contributed by atoms with Crippen LogP contribution in [0.5, 0.6) is 11.5 Å². The van der Waals surface area contributed by atoms with Crippen LogP contribution in [-0.2, 0) is 16.0 Å². The van der Waals surface area contributed by atoms with Gasteiger partial charge in [0.1, 0.15) is 22.9 Å². The molecule has 3 N–H and O–H groups in total. The van der Waals surface area contributed by atoms with Gasteiger partial charge in [-0.15, -0.1) is 0 Å². The molecule has 4 rings (SSSR count). The molecule has 0 radical (unpaired) electrons. The molecule has 3 amide bonds. The highest BCUT2D eigenvalue weighted by molar-refractivity contribution is 5.79. The van der Waals surface area contributed by atoms with Crippen LogP contribution in [0.15, 0.2) is 48.5 Å². The molecule has 9 nitrogen and oxygen atoms in total. The van der Waals surface area contributed by atoms with E-state index in [9.17, 15) is 14.0 Å². The first-order chi connectivity index (χ1) is 14.5. The lowest BCUT2D eigenvalue weighted by Crippen LogP contribution is -2.54. The number of halogens is 1. The first kappa shape index (κ1) is 19.9. The van der Waals surface area contributed by atoms with Gasteiger partial charge in [-0.25, -0.2) is 19.5 Å². The van der Waals surface area contributed by atoms with Gasteiger partial charge in [0.15, 0.2) is 0 Å². The van der Waals surface area contributed by atoms with E-state index in [1.807, 2.05) is 12.1 Å². The van der Waals surface area contributed by atoms with Gasteiger partial charge in [0.25, 0.3) is 0 Å². The molecule has 0 aromatic heterocycles. The highest BCUT2D eigenvalue weighted by Crippen LogP contribution is 2.36. The van der Waals surface area contributed by atoms with Gasteiger partial charge in [0, 0.05) is 19.6 Å². The lowest BCUT2D eigenvalue weighted by Gasteiger charge is -2.35. The van der Waals surface area contributed by atoms with Gasteiger partial charge >= 0.3 is 12.1 Å². The molecule has 10 heteroatoms. The summed E-state index contributed by atoms with van der Waals surface area (Å²) < 4.78 is 29.3. The molecule has 0 bridgehead atoms. The van der Waals surface area contributed by atoms with Gasteiger partial charge < -0.3 is 24.4 Å². The molecule has 2 fully saturated rings. The lowest BCUT2D eigenvalue weighted by molar-refractivity contribution is -0.0142. The third kappa shape index (κ3) is 3.87. The van der Waals surface area contributed by atoms with E-state index in [1.165, 1.54) is 29.7 Å². The fraction of sp³-hybridized carbons (Fsp3) is 0.300. The second-order valence-electron chi connectivity index (χ2n) is 7.04. The van der Waals surface area contributed by atoms with Crippen LogP contribution in [-0.4, -0.2) is 47.2 Å². The summed E-state index contributed by atoms with van der Waals surface area (Å²) in [4.78, 5) is 25.6. The second-order valence-corrected chi connectivity index (χ2v) is 7.04. The number of carbonyl (C=O) groups excluding carboxylic acids is 2. The Morgan fingerprint density at radius 2 is 1.90 bits per heavy atom. The summed E-state index contributed by atoms with van der Waals surface area (Å²) in [6.45, 7) is 0.865. The zero-order chi connectivity index (χ0) is 21.1. The molecular weight excluding hydrogens is 397 g/mol. The van der Waals surface area contributed by atoms with Crippen molar-refractivity contribution in [1.82, 2.24) is 15.7 Å². The summed E-state index contributed by atoms with van der Waals surface area (Å²) in [6, 6.07) is 12.4. The number of urea groups is 1. The summed E-state index contributed by atoms with van der Waals surface area (Å²) in [7, 11) is 0. The molecule has 1 unspecified atom stereocenters. The van der Waals surface area contributed by atoms with Gasteiger partial charge in [0.05, 0.1) is 6.61 Å². The second kappa shape index (κ2) is 8.17. The van der Waals surface area contributed by atoms with Crippen LogP contribution in [0.1, 0.15) is 12.0 Å². The fourth-order valence-corrected chi connectivity index (χ4v) is 3.64. The third-order valence-electron chi connectivity index (χ3n) is 5.19. The minimum atomic E-state index is -1.06. The van der Waals surface area contributed by atoms with Crippen molar-refractivity contribution < 1.29 is 33.4 Å². The summed E-state index contributed by atoms with van der Waals surface area (Å²) in [5.74, 6) is 0.730. The van der Waals surface area contributed by atoms with E-state index in [2.05, 4.69) is 5.32 Å². The van der Waals surface area contributed by atoms with Gasteiger partial charge in [0.2, 0.25) is 6.23 Å². The molecule has 30 heavy (non-hydrogen) atoms. The molecule has 2 atom stereocenters. The van der Waals surface area contributed by atoms with Crippen molar-refractivity contribution in [3.8, 4) is 11.5 Å². The number of nitrogens with zero attached hydrogens (tertiary/aromatic N) is 1. The molecular formula is C20H20FN3O6. The van der Waals surface area contributed by atoms with Gasteiger partial charge in [-0.1, -0.05) is 12.1 Å². The highest BCUT2D eigenvalue weighted by Gasteiger charge is 2.57. The first-order valence-electron chi connectivity index (χ1n) is 9.29. The van der Waals surface area contributed by atoms with Gasteiger partial charge in [-0.2, -0.15) is 0 Å². The lowest BCUT2D eigenvalue weighted by atomic mass is 9.95. The van der Waals surface area contributed by atoms with E-state index in [4.69, 9.17) is 19.4 Å². The van der Waals surface area contributed by atoms with E-state index in [0.29, 0.717) is 24.5 Å². The van der Waals surface area contributed by atoms with Crippen molar-refractivity contribution in [3.63, 3.8) is 0 Å². The van der Waals surface area contributed by atoms with Crippen LogP contribution in [0.3, 0.4) is 0 Å². The standard InChI is InChI=1S/C20H20FN3O6/c21-14-3-7-16(8-4-14)29-15-5-1-13(2-6-15)11-24-18(25)22-17(30-19(26)23-27)20(24)9-10-28-12-20/h1-8,17,27H,9-12H2,(H,22,25)(H,23,26)/t17-,20?/m1/s1. The van der Waals surface area contributed by atoms with Crippen LogP contribution in [0.2, 0.25) is 0 Å². The first-order valence-corrected chi connectivity index (χ1v) is 9.29. The molecule has 2 aromatic carbocycles. The molecule has 2 aromatic rings. The number of ether oxygens (including phenoxy) is 3. The molecule has 2 aliphatic rings. The number of benzene rings is 2. The molecule has 0 aliphatic carbocycles. The van der Waals surface area contributed by atoms with Gasteiger partial charge in [-0.3, -0.25) is 5.21 Å². The Morgan fingerprint density at radius 3 is 2.50 bits per heavy atom. The summed E-state index contributed by atoms with van der Waals surface area (Å²) >= 11 is 0. The van der Waals surface area contributed by atoms with Crippen LogP contribution >= 0.6 is 0 Å². The van der Waals surface area contributed by atoms with E-state index in [0.717, 1.165) is 5.56 Å². The Labute approximate surface area is 171 Å². The predicted molar refractivity (Wildman–Crippen MR) is 100 cm³/mol. The average molecular weight is 417 g/mol. The van der Waals surface area contributed by atoms with Crippen molar-refractivity contribution in [3.05, 3.63) is 59.9 Å². The Hall–Kier alpha value is -3.37. The fourth-order valence-electron chi connectivity index (χ4n) is 3.64. The molecule has 1 spiro atoms. The smallest absolute Gasteiger partial charge is 0.433 e. The largest absolute Gasteiger partial charge is 0.457 e. The molecule has 2 aliphatic heterocycles. The van der Waals surface area contributed by atoms with Crippen molar-refractivity contribution >= 4 is 12.1 Å². The maximum Gasteiger partial charge on any atom is 0.433 e. The van der Waals surface area contributed by atoms with Crippen molar-refractivity contribution in [1.29, 1.82) is 0 Å². The average Bonchev–Trinajstić information content (AvgIpc) is 3.33. The third-order valence-corrected chi connectivity index (χ3v) is 5.19. The number of hydroxylamine groups is 1. The predicted octanol–water partition coefficient (Wildman–Crippen LogP) is 2.74. The summed E-state index contributed by atoms with van der Waals surface area (Å²) in [5, 5.41) is 11.4. The monoisotopic (exact) mass is 417 g/mol. The molecule has 0 saturated carbocycles. The number of hydrogen-bond donors (Lipinski definition) is 3. The Balaban J connectivity index is 1.47. The SMILES string of the molecule is O=C(NO)O[C@H]1NC(=O)N(Cc2ccc(Oc3ccc(F)cc3)cc2)C12CCOC2. The number of amides is 3. The minimum Gasteiger partial charge on any atom is -0.457 e. The maximum atomic E-state index is 13.0. The van der Waals surface area contributed by atoms with E-state index >= 15 is 0 Å². The quantitative estimate of drug-likeness (QED) is 0.510. The normalized spacial score (nSPS) is 22.8. The minimum absolute atomic E-state index is 0.195. The van der Waals surface area contributed by atoms with Crippen molar-refractivity contribution in [2.75, 3.05) is 13.2 Å². The topological polar surface area (TPSA) is 109 Å². The zero-order valence-corrected chi connectivity index (χ0v) is 15.8. The van der Waals surface area contributed by atoms with E-state index in [1.54, 1.807) is 17.0 Å². The molecule has 2 heterocycles. The molecule has 2 saturated heterocycles. The van der Waals surface area contributed by atoms with Gasteiger partial charge in [-0.05, 0) is 42.0 Å².